The van der Waals surface area contributed by atoms with Gasteiger partial charge in [-0.05, 0) is 104 Å². The minimum Gasteiger partial charge on any atom is -0.393 e. The van der Waals surface area contributed by atoms with Gasteiger partial charge in [0.15, 0.2) is 0 Å². The van der Waals surface area contributed by atoms with Crippen LogP contribution in [0.15, 0.2) is 12.2 Å². The molecule has 0 aromatic rings. The molecule has 4 aliphatic carbocycles. The van der Waals surface area contributed by atoms with Crippen LogP contribution in [0.1, 0.15) is 106 Å². The molecule has 4 saturated carbocycles. The Labute approximate surface area is 196 Å². The van der Waals surface area contributed by atoms with Crippen LogP contribution in [0.4, 0.5) is 0 Å². The second-order valence-corrected chi connectivity index (χ2v) is 13.5. The number of carbonyl (C=O) groups is 1. The van der Waals surface area contributed by atoms with Crippen molar-refractivity contribution in [2.75, 3.05) is 0 Å². The highest BCUT2D eigenvalue weighted by Crippen LogP contribution is 2.74. The summed E-state index contributed by atoms with van der Waals surface area (Å²) in [5.41, 5.74) is 0.790. The van der Waals surface area contributed by atoms with Crippen LogP contribution in [-0.2, 0) is 4.79 Å². The quantitative estimate of drug-likeness (QED) is 0.488. The van der Waals surface area contributed by atoms with E-state index in [1.54, 1.807) is 0 Å². The zero-order valence-electron chi connectivity index (χ0n) is 21.5. The SMILES string of the molecule is C=C(CCC(C)(O)C1CCC2(C)C1C(O)CC1C3(C)CCC(=O)CC3CCC12C)C(C)C. The van der Waals surface area contributed by atoms with Crippen molar-refractivity contribution < 1.29 is 15.0 Å². The summed E-state index contributed by atoms with van der Waals surface area (Å²) >= 11 is 0. The van der Waals surface area contributed by atoms with Gasteiger partial charge in [0, 0.05) is 12.8 Å². The van der Waals surface area contributed by atoms with Crippen molar-refractivity contribution in [3.8, 4) is 0 Å². The monoisotopic (exact) mass is 444 g/mol. The summed E-state index contributed by atoms with van der Waals surface area (Å²) in [7, 11) is 0. The number of rotatable bonds is 5. The van der Waals surface area contributed by atoms with Crippen LogP contribution < -0.4 is 0 Å². The number of aliphatic hydroxyl groups excluding tert-OH is 1. The predicted octanol–water partition coefficient (Wildman–Crippen LogP) is 6.32. The average molecular weight is 445 g/mol. The molecule has 0 aliphatic heterocycles. The third-order valence-electron chi connectivity index (χ3n) is 11.8. The Kier molecular flexibility index (Phi) is 6.07. The smallest absolute Gasteiger partial charge is 0.133 e. The Morgan fingerprint density at radius 2 is 1.81 bits per heavy atom. The average Bonchev–Trinajstić information content (AvgIpc) is 3.10. The van der Waals surface area contributed by atoms with Gasteiger partial charge in [-0.1, -0.05) is 46.8 Å². The fourth-order valence-corrected chi connectivity index (χ4v) is 9.28. The fourth-order valence-electron chi connectivity index (χ4n) is 9.28. The van der Waals surface area contributed by atoms with Crippen molar-refractivity contribution in [2.45, 2.75) is 117 Å². The Bertz CT molecular complexity index is 768. The first-order chi connectivity index (χ1) is 14.8. The van der Waals surface area contributed by atoms with E-state index < -0.39 is 5.60 Å². The van der Waals surface area contributed by atoms with Gasteiger partial charge >= 0.3 is 0 Å². The van der Waals surface area contributed by atoms with Crippen LogP contribution >= 0.6 is 0 Å². The van der Waals surface area contributed by atoms with Gasteiger partial charge in [-0.15, -0.1) is 0 Å². The first kappa shape index (κ1) is 24.5. The number of hydrogen-bond donors (Lipinski definition) is 2. The fraction of sp³-hybridized carbons (Fsp3) is 0.897. The number of carbonyl (C=O) groups excluding carboxylic acids is 1. The molecular formula is C29H48O3. The summed E-state index contributed by atoms with van der Waals surface area (Å²) < 4.78 is 0. The zero-order chi connectivity index (χ0) is 23.7. The highest BCUT2D eigenvalue weighted by atomic mass is 16.3. The molecule has 3 nitrogen and oxygen atoms in total. The van der Waals surface area contributed by atoms with E-state index in [2.05, 4.69) is 41.2 Å². The molecule has 4 fully saturated rings. The maximum atomic E-state index is 12.2. The van der Waals surface area contributed by atoms with E-state index in [-0.39, 0.29) is 34.2 Å². The number of aliphatic hydroxyl groups is 2. The summed E-state index contributed by atoms with van der Waals surface area (Å²) in [4.78, 5) is 12.2. The number of ketones is 1. The molecular weight excluding hydrogens is 396 g/mol. The van der Waals surface area contributed by atoms with Crippen LogP contribution in [0.2, 0.25) is 0 Å². The first-order valence-electron chi connectivity index (χ1n) is 13.4. The molecule has 0 aromatic heterocycles. The summed E-state index contributed by atoms with van der Waals surface area (Å²) in [6.07, 6.45) is 8.90. The van der Waals surface area contributed by atoms with E-state index in [1.807, 2.05) is 6.92 Å². The van der Waals surface area contributed by atoms with Gasteiger partial charge in [0.2, 0.25) is 0 Å². The molecule has 0 bridgehead atoms. The molecule has 32 heavy (non-hydrogen) atoms. The van der Waals surface area contributed by atoms with Gasteiger partial charge in [0.1, 0.15) is 5.78 Å². The third-order valence-corrected chi connectivity index (χ3v) is 11.8. The molecule has 9 unspecified atom stereocenters. The van der Waals surface area contributed by atoms with Crippen molar-refractivity contribution in [2.24, 2.45) is 45.8 Å². The minimum atomic E-state index is -0.775. The van der Waals surface area contributed by atoms with Crippen molar-refractivity contribution in [1.29, 1.82) is 0 Å². The second kappa shape index (κ2) is 7.94. The van der Waals surface area contributed by atoms with E-state index in [0.29, 0.717) is 30.0 Å². The Morgan fingerprint density at radius 3 is 2.47 bits per heavy atom. The van der Waals surface area contributed by atoms with Gasteiger partial charge in [-0.2, -0.15) is 0 Å². The lowest BCUT2D eigenvalue weighted by molar-refractivity contribution is -0.220. The summed E-state index contributed by atoms with van der Waals surface area (Å²) in [5, 5.41) is 23.3. The van der Waals surface area contributed by atoms with Crippen LogP contribution in [-0.4, -0.2) is 27.7 Å². The molecule has 9 atom stereocenters. The summed E-state index contributed by atoms with van der Waals surface area (Å²) in [5.74, 6) is 2.11. The highest BCUT2D eigenvalue weighted by molar-refractivity contribution is 5.79. The van der Waals surface area contributed by atoms with Crippen molar-refractivity contribution >= 4 is 5.78 Å². The number of allylic oxidation sites excluding steroid dienone is 1. The van der Waals surface area contributed by atoms with Gasteiger partial charge in [0.05, 0.1) is 11.7 Å². The van der Waals surface area contributed by atoms with Crippen molar-refractivity contribution in [1.82, 2.24) is 0 Å². The molecule has 4 rings (SSSR count). The molecule has 0 saturated heterocycles. The van der Waals surface area contributed by atoms with Crippen LogP contribution in [0.5, 0.6) is 0 Å². The molecule has 4 aliphatic rings. The van der Waals surface area contributed by atoms with Crippen LogP contribution in [0.3, 0.4) is 0 Å². The molecule has 3 heteroatoms. The van der Waals surface area contributed by atoms with E-state index in [9.17, 15) is 15.0 Å². The largest absolute Gasteiger partial charge is 0.393 e. The Hall–Kier alpha value is -0.670. The maximum Gasteiger partial charge on any atom is 0.133 e. The predicted molar refractivity (Wildman–Crippen MR) is 130 cm³/mol. The van der Waals surface area contributed by atoms with Crippen molar-refractivity contribution in [3.63, 3.8) is 0 Å². The second-order valence-electron chi connectivity index (χ2n) is 13.5. The third kappa shape index (κ3) is 3.47. The van der Waals surface area contributed by atoms with Gasteiger partial charge in [-0.25, -0.2) is 0 Å². The van der Waals surface area contributed by atoms with Gasteiger partial charge in [0.25, 0.3) is 0 Å². The first-order valence-corrected chi connectivity index (χ1v) is 13.4. The molecule has 182 valence electrons. The number of fused-ring (bicyclic) bond motifs is 5. The summed E-state index contributed by atoms with van der Waals surface area (Å²) in [6.45, 7) is 18.0. The number of hydrogen-bond acceptors (Lipinski definition) is 3. The molecule has 2 N–H and O–H groups in total. The zero-order valence-corrected chi connectivity index (χ0v) is 21.5. The maximum absolute atomic E-state index is 12.2. The minimum absolute atomic E-state index is 0.0362. The highest BCUT2D eigenvalue weighted by Gasteiger charge is 2.69. The molecule has 0 amide bonds. The standard InChI is InChI=1S/C29H48O3/c1-18(2)19(3)8-15-29(7,32)22-11-14-28(6)25(22)23(31)17-24-26(4)12-10-21(30)16-20(26)9-13-27(24,28)5/h18,20,22-25,31-32H,3,8-17H2,1-2,4-7H3. The van der Waals surface area contributed by atoms with Crippen LogP contribution in [0.25, 0.3) is 0 Å². The molecule has 0 spiro atoms. The number of Topliss-reactive ketones (excluding diaryl/α,β-unsaturated/α-hetero) is 1. The Balaban J connectivity index is 1.62. The lowest BCUT2D eigenvalue weighted by atomic mass is 9.37. The normalized spacial score (nSPS) is 48.0. The molecule has 0 radical (unpaired) electrons. The molecule has 0 heterocycles. The van der Waals surface area contributed by atoms with Gasteiger partial charge in [-0.3, -0.25) is 4.79 Å². The lowest BCUT2D eigenvalue weighted by Crippen LogP contribution is -2.64. The van der Waals surface area contributed by atoms with E-state index in [0.717, 1.165) is 57.8 Å². The Morgan fingerprint density at radius 1 is 1.16 bits per heavy atom. The molecule has 0 aromatic carbocycles. The lowest BCUT2D eigenvalue weighted by Gasteiger charge is -2.68. The van der Waals surface area contributed by atoms with E-state index in [4.69, 9.17) is 0 Å². The summed E-state index contributed by atoms with van der Waals surface area (Å²) in [6, 6.07) is 0. The topological polar surface area (TPSA) is 57.5 Å². The van der Waals surface area contributed by atoms with Gasteiger partial charge < -0.3 is 10.2 Å². The van der Waals surface area contributed by atoms with Crippen LogP contribution in [0, 0.1) is 45.8 Å². The van der Waals surface area contributed by atoms with Crippen molar-refractivity contribution in [3.05, 3.63) is 12.2 Å². The van der Waals surface area contributed by atoms with E-state index in [1.165, 1.54) is 5.57 Å². The van der Waals surface area contributed by atoms with E-state index >= 15 is 0 Å².